The van der Waals surface area contributed by atoms with Crippen molar-refractivity contribution in [3.63, 3.8) is 0 Å². The third-order valence-electron chi connectivity index (χ3n) is 2.67. The summed E-state index contributed by atoms with van der Waals surface area (Å²) in [5.74, 6) is 7.67. The monoisotopic (exact) mass is 293 g/mol. The minimum atomic E-state index is -0.163. The molecule has 0 aliphatic rings. The van der Waals surface area contributed by atoms with Gasteiger partial charge in [0.25, 0.3) is 0 Å². The molecule has 0 amide bonds. The van der Waals surface area contributed by atoms with Gasteiger partial charge in [-0.15, -0.1) is 5.10 Å². The van der Waals surface area contributed by atoms with Gasteiger partial charge in [0, 0.05) is 11.0 Å². The first-order chi connectivity index (χ1) is 9.31. The van der Waals surface area contributed by atoms with Crippen LogP contribution in [0.15, 0.2) is 10.2 Å². The molecule has 2 rings (SSSR count). The van der Waals surface area contributed by atoms with Gasteiger partial charge >= 0.3 is 0 Å². The molecule has 0 fully saturated rings. The van der Waals surface area contributed by atoms with Gasteiger partial charge in [0.15, 0.2) is 0 Å². The molecule has 0 aromatic carbocycles. The molecule has 0 radical (unpaired) electrons. The molecule has 4 N–H and O–H groups in total. The van der Waals surface area contributed by atoms with E-state index in [0.717, 1.165) is 22.2 Å². The van der Waals surface area contributed by atoms with E-state index >= 15 is 0 Å². The van der Waals surface area contributed by atoms with Crippen molar-refractivity contribution in [3.05, 3.63) is 17.2 Å². The van der Waals surface area contributed by atoms with Crippen molar-refractivity contribution in [1.82, 2.24) is 25.1 Å². The van der Waals surface area contributed by atoms with E-state index in [2.05, 4.69) is 51.3 Å². The number of nitrogens with one attached hydrogen (secondary N) is 2. The number of H-pyrrole nitrogens is 1. The Morgan fingerprint density at radius 3 is 2.35 bits per heavy atom. The minimum Gasteiger partial charge on any atom is -0.308 e. The van der Waals surface area contributed by atoms with Crippen molar-refractivity contribution in [1.29, 1.82) is 0 Å². The Bertz CT molecular complexity index is 615. The highest BCUT2D eigenvalue weighted by molar-refractivity contribution is 7.99. The maximum absolute atomic E-state index is 5.54. The molecular formula is C12H19N7S. The second-order valence-electron chi connectivity index (χ2n) is 5.53. The van der Waals surface area contributed by atoms with Gasteiger partial charge in [0.1, 0.15) is 22.5 Å². The first-order valence-electron chi connectivity index (χ1n) is 6.24. The molecule has 0 saturated heterocycles. The van der Waals surface area contributed by atoms with Crippen LogP contribution in [0.5, 0.6) is 0 Å². The number of rotatable bonds is 3. The van der Waals surface area contributed by atoms with E-state index < -0.39 is 0 Å². The summed E-state index contributed by atoms with van der Waals surface area (Å²) < 4.78 is 0. The van der Waals surface area contributed by atoms with E-state index in [0.29, 0.717) is 11.0 Å². The number of nitrogen functional groups attached to an aromatic ring is 1. The molecule has 0 unspecified atom stereocenters. The van der Waals surface area contributed by atoms with E-state index in [1.54, 1.807) is 0 Å². The van der Waals surface area contributed by atoms with Gasteiger partial charge < -0.3 is 5.43 Å². The summed E-state index contributed by atoms with van der Waals surface area (Å²) in [6.45, 7) is 9.96. The lowest BCUT2D eigenvalue weighted by atomic mass is 9.95. The van der Waals surface area contributed by atoms with Crippen LogP contribution in [0.3, 0.4) is 0 Å². The molecule has 0 spiro atoms. The standard InChI is InChI=1S/C12H19N7S/c1-6-8(17-13)15-10(12(3,4)5)16-9(6)20-11-14-7(2)18-19-11/h13H2,1-5H3,(H,14,18,19)(H,15,16,17). The zero-order valence-corrected chi connectivity index (χ0v) is 13.1. The molecule has 0 saturated carbocycles. The number of aromatic nitrogens is 5. The topological polar surface area (TPSA) is 105 Å². The van der Waals surface area contributed by atoms with Crippen LogP contribution in [0.25, 0.3) is 0 Å². The molecule has 0 bridgehead atoms. The van der Waals surface area contributed by atoms with Crippen LogP contribution in [-0.2, 0) is 5.41 Å². The average molecular weight is 293 g/mol. The number of nitrogens with two attached hydrogens (primary N) is 1. The average Bonchev–Trinajstić information content (AvgIpc) is 2.76. The highest BCUT2D eigenvalue weighted by Crippen LogP contribution is 2.31. The molecule has 7 nitrogen and oxygen atoms in total. The van der Waals surface area contributed by atoms with Gasteiger partial charge in [-0.25, -0.2) is 20.8 Å². The number of anilines is 1. The zero-order valence-electron chi connectivity index (χ0n) is 12.3. The van der Waals surface area contributed by atoms with Gasteiger partial charge in [-0.2, -0.15) is 0 Å². The van der Waals surface area contributed by atoms with Gasteiger partial charge in [-0.1, -0.05) is 20.8 Å². The first kappa shape index (κ1) is 14.7. The van der Waals surface area contributed by atoms with Crippen molar-refractivity contribution in [2.75, 3.05) is 5.43 Å². The summed E-state index contributed by atoms with van der Waals surface area (Å²) in [5, 5.41) is 8.36. The summed E-state index contributed by atoms with van der Waals surface area (Å²) in [7, 11) is 0. The van der Waals surface area contributed by atoms with E-state index in [1.165, 1.54) is 11.8 Å². The normalized spacial score (nSPS) is 11.7. The summed E-state index contributed by atoms with van der Waals surface area (Å²) in [5.41, 5.74) is 3.35. The van der Waals surface area contributed by atoms with E-state index in [9.17, 15) is 0 Å². The fourth-order valence-corrected chi connectivity index (χ4v) is 2.35. The summed E-state index contributed by atoms with van der Waals surface area (Å²) in [6.07, 6.45) is 0. The minimum absolute atomic E-state index is 0.163. The van der Waals surface area contributed by atoms with E-state index in [4.69, 9.17) is 5.84 Å². The maximum Gasteiger partial charge on any atom is 0.214 e. The number of aromatic amines is 1. The second-order valence-corrected chi connectivity index (χ2v) is 6.48. The van der Waals surface area contributed by atoms with Crippen molar-refractivity contribution >= 4 is 17.6 Å². The lowest BCUT2D eigenvalue weighted by molar-refractivity contribution is 0.538. The Hall–Kier alpha value is -1.67. The fourth-order valence-electron chi connectivity index (χ4n) is 1.53. The number of hydrogen-bond acceptors (Lipinski definition) is 7. The molecule has 8 heteroatoms. The van der Waals surface area contributed by atoms with E-state index in [1.807, 2.05) is 13.8 Å². The number of nitrogens with zero attached hydrogens (tertiary/aromatic N) is 4. The van der Waals surface area contributed by atoms with Crippen molar-refractivity contribution in [2.24, 2.45) is 5.84 Å². The van der Waals surface area contributed by atoms with Crippen LogP contribution >= 0.6 is 11.8 Å². The van der Waals surface area contributed by atoms with E-state index in [-0.39, 0.29) is 5.41 Å². The summed E-state index contributed by atoms with van der Waals surface area (Å²) >= 11 is 1.39. The molecular weight excluding hydrogens is 274 g/mol. The molecule has 2 aromatic heterocycles. The summed E-state index contributed by atoms with van der Waals surface area (Å²) in [4.78, 5) is 13.4. The largest absolute Gasteiger partial charge is 0.308 e. The Morgan fingerprint density at radius 2 is 1.85 bits per heavy atom. The third-order valence-corrected chi connectivity index (χ3v) is 3.63. The Balaban J connectivity index is 2.45. The lowest BCUT2D eigenvalue weighted by Gasteiger charge is -2.19. The first-order valence-corrected chi connectivity index (χ1v) is 7.05. The molecule has 0 aliphatic carbocycles. The SMILES string of the molecule is Cc1nc(Sc2nc(C(C)(C)C)nc(NN)c2C)n[nH]1. The number of hydrazine groups is 1. The van der Waals surface area contributed by atoms with Crippen LogP contribution in [0.2, 0.25) is 0 Å². The van der Waals surface area contributed by atoms with Crippen molar-refractivity contribution in [3.8, 4) is 0 Å². The van der Waals surface area contributed by atoms with Gasteiger partial charge in [-0.3, -0.25) is 5.10 Å². The predicted molar refractivity (Wildman–Crippen MR) is 78.5 cm³/mol. The number of hydrogen-bond donors (Lipinski definition) is 3. The highest BCUT2D eigenvalue weighted by atomic mass is 32.2. The van der Waals surface area contributed by atoms with Crippen LogP contribution in [0.4, 0.5) is 5.82 Å². The van der Waals surface area contributed by atoms with Crippen molar-refractivity contribution in [2.45, 2.75) is 50.2 Å². The van der Waals surface area contributed by atoms with Gasteiger partial charge in [0.2, 0.25) is 5.16 Å². The Labute approximate surface area is 122 Å². The Kier molecular flexibility index (Phi) is 3.96. The van der Waals surface area contributed by atoms with Gasteiger partial charge in [-0.05, 0) is 25.6 Å². The third kappa shape index (κ3) is 3.07. The highest BCUT2D eigenvalue weighted by Gasteiger charge is 2.22. The lowest BCUT2D eigenvalue weighted by Crippen LogP contribution is -2.20. The van der Waals surface area contributed by atoms with Crippen LogP contribution in [-0.4, -0.2) is 25.1 Å². The van der Waals surface area contributed by atoms with Crippen molar-refractivity contribution < 1.29 is 0 Å². The molecule has 2 heterocycles. The Morgan fingerprint density at radius 1 is 1.15 bits per heavy atom. The molecule has 2 aromatic rings. The maximum atomic E-state index is 5.54. The summed E-state index contributed by atoms with van der Waals surface area (Å²) in [6, 6.07) is 0. The molecule has 0 aliphatic heterocycles. The smallest absolute Gasteiger partial charge is 0.214 e. The molecule has 108 valence electrons. The zero-order chi connectivity index (χ0) is 14.9. The predicted octanol–water partition coefficient (Wildman–Crippen LogP) is 1.95. The van der Waals surface area contributed by atoms with Crippen LogP contribution in [0.1, 0.15) is 38.0 Å². The molecule has 20 heavy (non-hydrogen) atoms. The van der Waals surface area contributed by atoms with Crippen LogP contribution < -0.4 is 11.3 Å². The van der Waals surface area contributed by atoms with Crippen LogP contribution in [0, 0.1) is 13.8 Å². The molecule has 0 atom stereocenters. The quantitative estimate of drug-likeness (QED) is 0.451. The number of aryl methyl sites for hydroxylation is 1. The fraction of sp³-hybridized carbons (Fsp3) is 0.500. The second kappa shape index (κ2) is 5.37. The van der Waals surface area contributed by atoms with Gasteiger partial charge in [0.05, 0.1) is 0 Å².